The molecule has 1 aromatic carbocycles. The number of carbonyl (C=O) groups is 1. The van der Waals surface area contributed by atoms with Crippen molar-refractivity contribution in [2.45, 2.75) is 32.5 Å². The lowest BCUT2D eigenvalue weighted by Gasteiger charge is -2.22. The predicted molar refractivity (Wildman–Crippen MR) is 97.5 cm³/mol. The highest BCUT2D eigenvalue weighted by atomic mass is 19.4. The van der Waals surface area contributed by atoms with Gasteiger partial charge in [0.15, 0.2) is 5.82 Å². The Kier molecular flexibility index (Phi) is 4.21. The number of fused-ring (bicyclic) bond motifs is 1. The first-order valence-corrected chi connectivity index (χ1v) is 8.77. The number of alkyl halides is 3. The van der Waals surface area contributed by atoms with Gasteiger partial charge in [0.2, 0.25) is 0 Å². The van der Waals surface area contributed by atoms with Gasteiger partial charge in [-0.15, -0.1) is 0 Å². The average molecular weight is 386 g/mol. The number of nitrogens with zero attached hydrogens (tertiary/aromatic N) is 4. The molecule has 3 aromatic rings. The summed E-state index contributed by atoms with van der Waals surface area (Å²) in [5, 5.41) is 4.18. The minimum Gasteiger partial charge on any atom is -0.305 e. The first-order valence-electron chi connectivity index (χ1n) is 8.77. The molecule has 0 saturated heterocycles. The summed E-state index contributed by atoms with van der Waals surface area (Å²) < 4.78 is 39.6. The van der Waals surface area contributed by atoms with Gasteiger partial charge < -0.3 is 4.90 Å². The molecule has 0 fully saturated rings. The Morgan fingerprint density at radius 2 is 1.89 bits per heavy atom. The SMILES string of the molecule is Cc1c(C(=O)N2c3ccccc3C[C@H]2C)cnn1-c1ccc(C(F)(F)F)cn1. The zero-order valence-electron chi connectivity index (χ0n) is 15.2. The zero-order valence-corrected chi connectivity index (χ0v) is 15.2. The first-order chi connectivity index (χ1) is 13.3. The second-order valence-electron chi connectivity index (χ2n) is 6.82. The van der Waals surface area contributed by atoms with Crippen LogP contribution in [0.5, 0.6) is 0 Å². The number of para-hydroxylation sites is 1. The fraction of sp³-hybridized carbons (Fsp3) is 0.250. The summed E-state index contributed by atoms with van der Waals surface area (Å²) in [6.45, 7) is 3.68. The van der Waals surface area contributed by atoms with Crippen LogP contribution in [0, 0.1) is 6.92 Å². The number of aromatic nitrogens is 3. The van der Waals surface area contributed by atoms with E-state index in [-0.39, 0.29) is 17.8 Å². The van der Waals surface area contributed by atoms with Crippen LogP contribution >= 0.6 is 0 Å². The van der Waals surface area contributed by atoms with Gasteiger partial charge in [-0.2, -0.15) is 18.3 Å². The van der Waals surface area contributed by atoms with E-state index in [9.17, 15) is 18.0 Å². The Morgan fingerprint density at radius 1 is 1.14 bits per heavy atom. The predicted octanol–water partition coefficient (Wildman–Crippen LogP) is 4.19. The summed E-state index contributed by atoms with van der Waals surface area (Å²) in [7, 11) is 0. The molecule has 0 N–H and O–H groups in total. The summed E-state index contributed by atoms with van der Waals surface area (Å²) in [5.74, 6) is 0.0348. The lowest BCUT2D eigenvalue weighted by molar-refractivity contribution is -0.137. The van der Waals surface area contributed by atoms with Crippen molar-refractivity contribution >= 4 is 11.6 Å². The summed E-state index contributed by atoms with van der Waals surface area (Å²) in [4.78, 5) is 18.8. The number of carbonyl (C=O) groups excluding carboxylic acids is 1. The number of anilines is 1. The summed E-state index contributed by atoms with van der Waals surface area (Å²) in [6, 6.07) is 9.94. The van der Waals surface area contributed by atoms with Crippen LogP contribution in [0.1, 0.15) is 34.1 Å². The Balaban J connectivity index is 1.67. The van der Waals surface area contributed by atoms with E-state index in [2.05, 4.69) is 10.1 Å². The molecule has 28 heavy (non-hydrogen) atoms. The molecular formula is C20H17F3N4O. The van der Waals surface area contributed by atoms with Gasteiger partial charge in [0.1, 0.15) is 0 Å². The Bertz CT molecular complexity index is 1040. The summed E-state index contributed by atoms with van der Waals surface area (Å²) in [6.07, 6.45) is -1.48. The maximum absolute atomic E-state index is 13.2. The molecule has 0 bridgehead atoms. The van der Waals surface area contributed by atoms with E-state index in [1.54, 1.807) is 11.8 Å². The van der Waals surface area contributed by atoms with Crippen LogP contribution in [0.4, 0.5) is 18.9 Å². The molecule has 0 spiro atoms. The molecule has 1 aliphatic rings. The normalized spacial score (nSPS) is 16.3. The second-order valence-corrected chi connectivity index (χ2v) is 6.82. The highest BCUT2D eigenvalue weighted by Gasteiger charge is 2.33. The van der Waals surface area contributed by atoms with Gasteiger partial charge in [-0.25, -0.2) is 9.67 Å². The van der Waals surface area contributed by atoms with E-state index in [1.165, 1.54) is 16.9 Å². The number of pyridine rings is 1. The summed E-state index contributed by atoms with van der Waals surface area (Å²) in [5.41, 5.74) is 2.07. The number of benzene rings is 1. The van der Waals surface area contributed by atoms with E-state index in [0.29, 0.717) is 11.3 Å². The number of halogens is 3. The van der Waals surface area contributed by atoms with Crippen LogP contribution in [0.15, 0.2) is 48.8 Å². The van der Waals surface area contributed by atoms with E-state index >= 15 is 0 Å². The third kappa shape index (κ3) is 2.94. The Morgan fingerprint density at radius 3 is 2.57 bits per heavy atom. The average Bonchev–Trinajstić information content (AvgIpc) is 3.20. The molecule has 4 rings (SSSR count). The zero-order chi connectivity index (χ0) is 20.1. The number of hydrogen-bond donors (Lipinski definition) is 0. The van der Waals surface area contributed by atoms with Gasteiger partial charge in [0.05, 0.1) is 23.0 Å². The molecule has 0 aliphatic carbocycles. The summed E-state index contributed by atoms with van der Waals surface area (Å²) >= 11 is 0. The van der Waals surface area contributed by atoms with Gasteiger partial charge in [0, 0.05) is 17.9 Å². The van der Waals surface area contributed by atoms with Crippen LogP contribution in [0.25, 0.3) is 5.82 Å². The van der Waals surface area contributed by atoms with Crippen LogP contribution in [0.2, 0.25) is 0 Å². The molecule has 5 nitrogen and oxygen atoms in total. The molecular weight excluding hydrogens is 369 g/mol. The smallest absolute Gasteiger partial charge is 0.305 e. The minimum atomic E-state index is -4.45. The van der Waals surface area contributed by atoms with Crippen molar-refractivity contribution < 1.29 is 18.0 Å². The third-order valence-electron chi connectivity index (χ3n) is 4.96. The van der Waals surface area contributed by atoms with Gasteiger partial charge in [-0.3, -0.25) is 4.79 Å². The number of hydrogen-bond acceptors (Lipinski definition) is 3. The molecule has 144 valence electrons. The van der Waals surface area contributed by atoms with Crippen molar-refractivity contribution in [1.82, 2.24) is 14.8 Å². The quantitative estimate of drug-likeness (QED) is 0.664. The molecule has 1 amide bonds. The van der Waals surface area contributed by atoms with Crippen molar-refractivity contribution in [1.29, 1.82) is 0 Å². The van der Waals surface area contributed by atoms with Gasteiger partial charge >= 0.3 is 6.18 Å². The van der Waals surface area contributed by atoms with Crippen LogP contribution in [0.3, 0.4) is 0 Å². The van der Waals surface area contributed by atoms with E-state index in [4.69, 9.17) is 0 Å². The van der Waals surface area contributed by atoms with E-state index < -0.39 is 11.7 Å². The van der Waals surface area contributed by atoms with E-state index in [1.807, 2.05) is 31.2 Å². The van der Waals surface area contributed by atoms with Crippen molar-refractivity contribution in [3.8, 4) is 5.82 Å². The highest BCUT2D eigenvalue weighted by molar-refractivity contribution is 6.08. The molecule has 0 saturated carbocycles. The largest absolute Gasteiger partial charge is 0.417 e. The monoisotopic (exact) mass is 386 g/mol. The van der Waals surface area contributed by atoms with E-state index in [0.717, 1.165) is 29.9 Å². The number of rotatable bonds is 2. The highest BCUT2D eigenvalue weighted by Crippen LogP contribution is 2.34. The molecule has 2 aromatic heterocycles. The fourth-order valence-electron chi connectivity index (χ4n) is 3.53. The van der Waals surface area contributed by atoms with Crippen molar-refractivity contribution in [3.05, 3.63) is 71.2 Å². The van der Waals surface area contributed by atoms with Crippen molar-refractivity contribution in [2.75, 3.05) is 4.90 Å². The molecule has 1 atom stereocenters. The maximum atomic E-state index is 13.2. The first kappa shape index (κ1) is 18.2. The second kappa shape index (κ2) is 6.47. The van der Waals surface area contributed by atoms with Crippen molar-refractivity contribution in [3.63, 3.8) is 0 Å². The Hall–Kier alpha value is -3.16. The van der Waals surface area contributed by atoms with Gasteiger partial charge in [-0.1, -0.05) is 18.2 Å². The lowest BCUT2D eigenvalue weighted by Crippen LogP contribution is -2.36. The Labute approximate surface area is 159 Å². The maximum Gasteiger partial charge on any atom is 0.417 e. The van der Waals surface area contributed by atoms with Crippen LogP contribution in [-0.2, 0) is 12.6 Å². The minimum absolute atomic E-state index is 0.0110. The van der Waals surface area contributed by atoms with Crippen molar-refractivity contribution in [2.24, 2.45) is 0 Å². The van der Waals surface area contributed by atoms with Crippen LogP contribution < -0.4 is 4.90 Å². The van der Waals surface area contributed by atoms with Gasteiger partial charge in [0.25, 0.3) is 5.91 Å². The number of amides is 1. The topological polar surface area (TPSA) is 51.0 Å². The lowest BCUT2D eigenvalue weighted by atomic mass is 10.1. The molecule has 3 heterocycles. The standard InChI is InChI=1S/C20H17F3N4O/c1-12-9-14-5-3-4-6-17(14)26(12)19(28)16-11-25-27(13(16)2)18-8-7-15(10-24-18)20(21,22)23/h3-8,10-12H,9H2,1-2H3/t12-/m1/s1. The molecule has 1 aliphatic heterocycles. The van der Waals surface area contributed by atoms with Crippen LogP contribution in [-0.4, -0.2) is 26.7 Å². The molecule has 8 heteroatoms. The fourth-order valence-corrected chi connectivity index (χ4v) is 3.53. The van der Waals surface area contributed by atoms with Gasteiger partial charge in [-0.05, 0) is 44.0 Å². The third-order valence-corrected chi connectivity index (χ3v) is 4.96. The molecule has 0 radical (unpaired) electrons. The molecule has 0 unspecified atom stereocenters.